The molecule has 0 aliphatic heterocycles. The standard InChI is InChI=1S/C20H22N2O3S/c23-20-13-7-4-10-17(20)14-21-18-11-5-6-12-19(18)22-26(24,25)15-16-8-2-1-3-9-16/h1-3,5-6,8-9,11-12,14,21-22H,4,7,10,13,15H2. The highest BCUT2D eigenvalue weighted by atomic mass is 32.2. The smallest absolute Gasteiger partial charge is 0.236 e. The van der Waals surface area contributed by atoms with Crippen molar-refractivity contribution >= 4 is 27.2 Å². The lowest BCUT2D eigenvalue weighted by atomic mass is 9.94. The molecule has 0 heterocycles. The molecule has 26 heavy (non-hydrogen) atoms. The minimum atomic E-state index is -3.54. The predicted molar refractivity (Wildman–Crippen MR) is 104 cm³/mol. The summed E-state index contributed by atoms with van der Waals surface area (Å²) in [5.74, 6) is 0.0627. The summed E-state index contributed by atoms with van der Waals surface area (Å²) < 4.78 is 27.6. The van der Waals surface area contributed by atoms with Gasteiger partial charge in [0.05, 0.1) is 17.1 Å². The van der Waals surface area contributed by atoms with Crippen LogP contribution in [0.5, 0.6) is 0 Å². The van der Waals surface area contributed by atoms with Crippen LogP contribution in [0.1, 0.15) is 31.2 Å². The van der Waals surface area contributed by atoms with E-state index in [1.54, 1.807) is 36.5 Å². The van der Waals surface area contributed by atoms with Crippen molar-refractivity contribution in [2.24, 2.45) is 0 Å². The SMILES string of the molecule is O=C1CCCCC1=CNc1ccccc1NS(=O)(=O)Cc1ccccc1. The van der Waals surface area contributed by atoms with Gasteiger partial charge < -0.3 is 5.32 Å². The number of para-hydroxylation sites is 2. The number of ketones is 1. The number of allylic oxidation sites excluding steroid dienone is 1. The minimum absolute atomic E-state index is 0.0955. The number of hydrogen-bond acceptors (Lipinski definition) is 4. The molecular weight excluding hydrogens is 348 g/mol. The van der Waals surface area contributed by atoms with Crippen LogP contribution in [0.15, 0.2) is 66.4 Å². The van der Waals surface area contributed by atoms with Gasteiger partial charge in [0, 0.05) is 18.2 Å². The summed E-state index contributed by atoms with van der Waals surface area (Å²) in [6.07, 6.45) is 4.98. The zero-order valence-electron chi connectivity index (χ0n) is 14.4. The fourth-order valence-corrected chi connectivity index (χ4v) is 4.13. The highest BCUT2D eigenvalue weighted by molar-refractivity contribution is 7.91. The Bertz CT molecular complexity index is 906. The third-order valence-electron chi connectivity index (χ3n) is 4.25. The van der Waals surface area contributed by atoms with E-state index in [2.05, 4.69) is 10.0 Å². The van der Waals surface area contributed by atoms with E-state index in [1.807, 2.05) is 24.3 Å². The quantitative estimate of drug-likeness (QED) is 0.752. The molecule has 2 N–H and O–H groups in total. The number of nitrogens with one attached hydrogen (secondary N) is 2. The van der Waals surface area contributed by atoms with Gasteiger partial charge in [0.25, 0.3) is 0 Å². The second kappa shape index (κ2) is 8.19. The summed E-state index contributed by atoms with van der Waals surface area (Å²) in [4.78, 5) is 11.9. The van der Waals surface area contributed by atoms with Gasteiger partial charge in [-0.25, -0.2) is 8.42 Å². The number of anilines is 2. The van der Waals surface area contributed by atoms with Crippen molar-refractivity contribution in [3.8, 4) is 0 Å². The molecule has 5 nitrogen and oxygen atoms in total. The first-order valence-electron chi connectivity index (χ1n) is 8.66. The molecule has 1 aliphatic rings. The Morgan fingerprint density at radius 1 is 0.885 bits per heavy atom. The minimum Gasteiger partial charge on any atom is -0.360 e. The number of hydrogen-bond donors (Lipinski definition) is 2. The van der Waals surface area contributed by atoms with Gasteiger partial charge in [-0.1, -0.05) is 42.5 Å². The third kappa shape index (κ3) is 4.95. The number of benzene rings is 2. The second-order valence-corrected chi connectivity index (χ2v) is 8.06. The van der Waals surface area contributed by atoms with Crippen LogP contribution in [-0.4, -0.2) is 14.2 Å². The van der Waals surface area contributed by atoms with Crippen LogP contribution in [0.2, 0.25) is 0 Å². The molecule has 2 aromatic carbocycles. The van der Waals surface area contributed by atoms with Gasteiger partial charge in [0.15, 0.2) is 5.78 Å². The molecule has 0 radical (unpaired) electrons. The van der Waals surface area contributed by atoms with Crippen molar-refractivity contribution in [2.45, 2.75) is 31.4 Å². The first-order chi connectivity index (χ1) is 12.5. The Balaban J connectivity index is 1.74. The fourth-order valence-electron chi connectivity index (χ4n) is 2.91. The van der Waals surface area contributed by atoms with Gasteiger partial charge in [0.1, 0.15) is 0 Å². The van der Waals surface area contributed by atoms with Crippen LogP contribution >= 0.6 is 0 Å². The lowest BCUT2D eigenvalue weighted by Crippen LogP contribution is -2.16. The molecule has 0 unspecified atom stereocenters. The molecule has 136 valence electrons. The second-order valence-electron chi connectivity index (χ2n) is 6.34. The van der Waals surface area contributed by atoms with E-state index in [0.29, 0.717) is 17.8 Å². The average molecular weight is 370 g/mol. The summed E-state index contributed by atoms with van der Waals surface area (Å²) in [7, 11) is -3.54. The number of sulfonamides is 1. The maximum Gasteiger partial charge on any atom is 0.236 e. The lowest BCUT2D eigenvalue weighted by Gasteiger charge is -2.15. The number of Topliss-reactive ketones (excluding diaryl/α,β-unsaturated/α-hetero) is 1. The molecule has 0 spiro atoms. The van der Waals surface area contributed by atoms with E-state index in [0.717, 1.165) is 30.4 Å². The molecule has 3 rings (SSSR count). The van der Waals surface area contributed by atoms with E-state index >= 15 is 0 Å². The van der Waals surface area contributed by atoms with E-state index in [1.165, 1.54) is 0 Å². The van der Waals surface area contributed by atoms with E-state index in [4.69, 9.17) is 0 Å². The van der Waals surface area contributed by atoms with Crippen molar-refractivity contribution in [2.75, 3.05) is 10.0 Å². The summed E-state index contributed by atoms with van der Waals surface area (Å²) in [5.41, 5.74) is 2.57. The van der Waals surface area contributed by atoms with E-state index in [-0.39, 0.29) is 11.5 Å². The van der Waals surface area contributed by atoms with Crippen molar-refractivity contribution in [3.63, 3.8) is 0 Å². The molecule has 0 aromatic heterocycles. The van der Waals surface area contributed by atoms with Crippen LogP contribution in [0, 0.1) is 0 Å². The van der Waals surface area contributed by atoms with Gasteiger partial charge >= 0.3 is 0 Å². The molecule has 2 aromatic rings. The average Bonchev–Trinajstić information content (AvgIpc) is 2.62. The maximum atomic E-state index is 12.5. The third-order valence-corrected chi connectivity index (χ3v) is 5.50. The molecule has 6 heteroatoms. The highest BCUT2D eigenvalue weighted by Crippen LogP contribution is 2.25. The van der Waals surface area contributed by atoms with Crippen molar-refractivity contribution in [3.05, 3.63) is 71.9 Å². The molecule has 0 saturated heterocycles. The summed E-state index contributed by atoms with van der Waals surface area (Å²) >= 11 is 0. The van der Waals surface area contributed by atoms with Crippen LogP contribution in [0.3, 0.4) is 0 Å². The van der Waals surface area contributed by atoms with Crippen LogP contribution < -0.4 is 10.0 Å². The molecule has 1 fully saturated rings. The Hall–Kier alpha value is -2.60. The normalized spacial score (nSPS) is 16.5. The van der Waals surface area contributed by atoms with Gasteiger partial charge in [-0.3, -0.25) is 9.52 Å². The Kier molecular flexibility index (Phi) is 5.73. The highest BCUT2D eigenvalue weighted by Gasteiger charge is 2.16. The number of rotatable bonds is 6. The maximum absolute atomic E-state index is 12.5. The Morgan fingerprint density at radius 2 is 1.54 bits per heavy atom. The van der Waals surface area contributed by atoms with Gasteiger partial charge in [0.2, 0.25) is 10.0 Å². The van der Waals surface area contributed by atoms with E-state index < -0.39 is 10.0 Å². The molecule has 0 amide bonds. The summed E-state index contributed by atoms with van der Waals surface area (Å²) in [6.45, 7) is 0. The molecule has 0 atom stereocenters. The lowest BCUT2D eigenvalue weighted by molar-refractivity contribution is -0.116. The van der Waals surface area contributed by atoms with Crippen molar-refractivity contribution < 1.29 is 13.2 Å². The summed E-state index contributed by atoms with van der Waals surface area (Å²) in [6, 6.07) is 16.1. The number of carbonyl (C=O) groups excluding carboxylic acids is 1. The van der Waals surface area contributed by atoms with Gasteiger partial charge in [-0.15, -0.1) is 0 Å². The summed E-state index contributed by atoms with van der Waals surface area (Å²) in [5, 5.41) is 3.09. The molecule has 1 aliphatic carbocycles. The zero-order valence-corrected chi connectivity index (χ0v) is 15.3. The number of carbonyl (C=O) groups is 1. The predicted octanol–water partition coefficient (Wildman–Crippen LogP) is 4.07. The van der Waals surface area contributed by atoms with Crippen molar-refractivity contribution in [1.29, 1.82) is 0 Å². The monoisotopic (exact) mass is 370 g/mol. The Labute approximate surface area is 154 Å². The zero-order chi connectivity index (χ0) is 18.4. The molecule has 0 bridgehead atoms. The van der Waals surface area contributed by atoms with Crippen LogP contribution in [-0.2, 0) is 20.6 Å². The fraction of sp³-hybridized carbons (Fsp3) is 0.250. The van der Waals surface area contributed by atoms with Gasteiger partial charge in [-0.05, 0) is 37.0 Å². The largest absolute Gasteiger partial charge is 0.360 e. The molecular formula is C20H22N2O3S. The molecule has 1 saturated carbocycles. The van der Waals surface area contributed by atoms with E-state index in [9.17, 15) is 13.2 Å². The van der Waals surface area contributed by atoms with Gasteiger partial charge in [-0.2, -0.15) is 0 Å². The van der Waals surface area contributed by atoms with Crippen molar-refractivity contribution in [1.82, 2.24) is 0 Å². The first kappa shape index (κ1) is 18.2. The first-order valence-corrected chi connectivity index (χ1v) is 10.3. The topological polar surface area (TPSA) is 75.3 Å². The Morgan fingerprint density at radius 3 is 2.27 bits per heavy atom. The van der Waals surface area contributed by atoms with Crippen LogP contribution in [0.25, 0.3) is 0 Å². The van der Waals surface area contributed by atoms with Crippen LogP contribution in [0.4, 0.5) is 11.4 Å².